The van der Waals surface area contributed by atoms with Crippen molar-refractivity contribution in [2.45, 2.75) is 38.6 Å². The first-order chi connectivity index (χ1) is 17.1. The number of nitrogens with two attached hydrogens (primary N) is 1. The Morgan fingerprint density at radius 1 is 1.17 bits per heavy atom. The SMILES string of the molecule is CC#CC(=O)N1CC[C@@H](n2c(=O)n(C3=CC=C(Oc4ccccc4)CCC3)c3c(N)ncnc32)C1. The van der Waals surface area contributed by atoms with Crippen LogP contribution in [-0.4, -0.2) is 43.0 Å². The highest BCUT2D eigenvalue weighted by molar-refractivity contribution is 5.93. The number of anilines is 1. The third-order valence-corrected chi connectivity index (χ3v) is 6.33. The van der Waals surface area contributed by atoms with Crippen LogP contribution in [0.5, 0.6) is 5.75 Å². The summed E-state index contributed by atoms with van der Waals surface area (Å²) in [7, 11) is 0. The number of para-hydroxylation sites is 1. The average molecular weight is 471 g/mol. The van der Waals surface area contributed by atoms with Gasteiger partial charge in [-0.05, 0) is 56.4 Å². The van der Waals surface area contributed by atoms with Gasteiger partial charge >= 0.3 is 5.69 Å². The highest BCUT2D eigenvalue weighted by atomic mass is 16.5. The zero-order chi connectivity index (χ0) is 24.4. The predicted octanol–water partition coefficient (Wildman–Crippen LogP) is 2.96. The molecule has 1 atom stereocenters. The number of rotatable bonds is 4. The number of likely N-dealkylation sites (tertiary alicyclic amines) is 1. The molecule has 1 saturated heterocycles. The Morgan fingerprint density at radius 3 is 2.80 bits per heavy atom. The Morgan fingerprint density at radius 2 is 2.00 bits per heavy atom. The van der Waals surface area contributed by atoms with Crippen LogP contribution in [0.15, 0.2) is 59.4 Å². The second-order valence-electron chi connectivity index (χ2n) is 8.55. The molecule has 0 unspecified atom stereocenters. The van der Waals surface area contributed by atoms with E-state index in [0.717, 1.165) is 30.0 Å². The number of hydrogen-bond donors (Lipinski definition) is 1. The van der Waals surface area contributed by atoms with E-state index in [2.05, 4.69) is 21.8 Å². The van der Waals surface area contributed by atoms with Crippen LogP contribution in [0, 0.1) is 11.8 Å². The molecular formula is C26H26N6O3. The van der Waals surface area contributed by atoms with Crippen LogP contribution < -0.4 is 16.2 Å². The number of allylic oxidation sites excluding steroid dienone is 4. The summed E-state index contributed by atoms with van der Waals surface area (Å²) in [4.78, 5) is 36.3. The van der Waals surface area contributed by atoms with Gasteiger partial charge in [-0.15, -0.1) is 0 Å². The van der Waals surface area contributed by atoms with Crippen LogP contribution in [-0.2, 0) is 4.79 Å². The van der Waals surface area contributed by atoms with Crippen LogP contribution in [0.25, 0.3) is 16.9 Å². The van der Waals surface area contributed by atoms with Gasteiger partial charge in [0.15, 0.2) is 11.5 Å². The molecule has 1 amide bonds. The number of hydrogen-bond acceptors (Lipinski definition) is 6. The fourth-order valence-corrected chi connectivity index (χ4v) is 4.70. The number of ether oxygens (including phenoxy) is 1. The number of aromatic nitrogens is 4. The van der Waals surface area contributed by atoms with Gasteiger partial charge in [0.1, 0.15) is 23.4 Å². The molecule has 2 N–H and O–H groups in total. The topological polar surface area (TPSA) is 108 Å². The van der Waals surface area contributed by atoms with Gasteiger partial charge in [0.25, 0.3) is 5.91 Å². The molecule has 1 fully saturated rings. The molecule has 0 radical (unpaired) electrons. The number of nitrogen functional groups attached to an aromatic ring is 1. The quantitative estimate of drug-likeness (QED) is 0.588. The van der Waals surface area contributed by atoms with E-state index < -0.39 is 0 Å². The van der Waals surface area contributed by atoms with Gasteiger partial charge in [-0.25, -0.2) is 14.8 Å². The van der Waals surface area contributed by atoms with E-state index in [1.54, 1.807) is 21.0 Å². The van der Waals surface area contributed by atoms with Crippen LogP contribution in [0.4, 0.5) is 5.82 Å². The van der Waals surface area contributed by atoms with E-state index in [9.17, 15) is 9.59 Å². The molecule has 9 heteroatoms. The summed E-state index contributed by atoms with van der Waals surface area (Å²) in [6.45, 7) is 2.56. The van der Waals surface area contributed by atoms with E-state index >= 15 is 0 Å². The molecule has 1 aliphatic heterocycles. The predicted molar refractivity (Wildman–Crippen MR) is 133 cm³/mol. The second-order valence-corrected chi connectivity index (χ2v) is 8.55. The van der Waals surface area contributed by atoms with Gasteiger partial charge < -0.3 is 15.4 Å². The first kappa shape index (κ1) is 22.5. The van der Waals surface area contributed by atoms with Gasteiger partial charge in [0, 0.05) is 25.2 Å². The normalized spacial score (nSPS) is 17.9. The van der Waals surface area contributed by atoms with Gasteiger partial charge in [-0.3, -0.25) is 13.9 Å². The minimum Gasteiger partial charge on any atom is -0.462 e. The van der Waals surface area contributed by atoms with Crippen LogP contribution >= 0.6 is 0 Å². The molecule has 178 valence electrons. The molecule has 2 aliphatic rings. The Labute approximate surface area is 202 Å². The number of carbonyl (C=O) groups excluding carboxylic acids is 1. The lowest BCUT2D eigenvalue weighted by atomic mass is 10.2. The molecular weight excluding hydrogens is 444 g/mol. The van der Waals surface area contributed by atoms with Crippen molar-refractivity contribution in [3.8, 4) is 17.6 Å². The molecule has 1 aromatic carbocycles. The fraction of sp³-hybridized carbons (Fsp3) is 0.308. The molecule has 3 heterocycles. The highest BCUT2D eigenvalue weighted by Crippen LogP contribution is 2.30. The zero-order valence-corrected chi connectivity index (χ0v) is 19.5. The first-order valence-electron chi connectivity index (χ1n) is 11.6. The lowest BCUT2D eigenvalue weighted by Crippen LogP contribution is -2.31. The number of nitrogens with zero attached hydrogens (tertiary/aromatic N) is 5. The standard InChI is InChI=1S/C26H26N6O3/c1-2-7-22(33)30-15-14-19(16-30)32-25-23(24(27)28-17-29-25)31(26(32)34)18-8-6-11-21(13-12-18)35-20-9-4-3-5-10-20/h3-5,9-10,12-13,17,19H,6,8,11,14-16H2,1H3,(H2,27,28,29)/t19-/m1/s1. The molecule has 0 bridgehead atoms. The molecule has 5 rings (SSSR count). The smallest absolute Gasteiger partial charge is 0.335 e. The number of fused-ring (bicyclic) bond motifs is 1. The summed E-state index contributed by atoms with van der Waals surface area (Å²) in [5.74, 6) is 6.83. The first-order valence-corrected chi connectivity index (χ1v) is 11.6. The van der Waals surface area contributed by atoms with Crippen LogP contribution in [0.3, 0.4) is 0 Å². The van der Waals surface area contributed by atoms with Crippen LogP contribution in [0.2, 0.25) is 0 Å². The summed E-state index contributed by atoms with van der Waals surface area (Å²) >= 11 is 0. The van der Waals surface area contributed by atoms with Gasteiger partial charge in [0.05, 0.1) is 6.04 Å². The fourth-order valence-electron chi connectivity index (χ4n) is 4.70. The lowest BCUT2D eigenvalue weighted by Gasteiger charge is -2.14. The number of benzene rings is 1. The highest BCUT2D eigenvalue weighted by Gasteiger charge is 2.32. The summed E-state index contributed by atoms with van der Waals surface area (Å²) < 4.78 is 9.29. The minimum atomic E-state index is -0.236. The monoisotopic (exact) mass is 470 g/mol. The van der Waals surface area contributed by atoms with Crippen molar-refractivity contribution in [2.75, 3.05) is 18.8 Å². The Bertz CT molecular complexity index is 1460. The summed E-state index contributed by atoms with van der Waals surface area (Å²) in [5, 5.41) is 0. The van der Waals surface area contributed by atoms with E-state index in [1.807, 2.05) is 42.5 Å². The molecule has 3 aromatic rings. The second kappa shape index (κ2) is 9.50. The average Bonchev–Trinajstić information content (AvgIpc) is 3.37. The van der Waals surface area contributed by atoms with Crippen molar-refractivity contribution < 1.29 is 9.53 Å². The maximum atomic E-state index is 13.8. The van der Waals surface area contributed by atoms with Gasteiger partial charge in [0.2, 0.25) is 0 Å². The Balaban J connectivity index is 1.54. The zero-order valence-electron chi connectivity index (χ0n) is 19.5. The van der Waals surface area contributed by atoms with Crippen molar-refractivity contribution >= 4 is 28.6 Å². The molecule has 9 nitrogen and oxygen atoms in total. The molecule has 1 aliphatic carbocycles. The molecule has 0 saturated carbocycles. The summed E-state index contributed by atoms with van der Waals surface area (Å²) in [5.41, 5.74) is 7.78. The number of carbonyl (C=O) groups is 1. The Kier molecular flexibility index (Phi) is 6.10. The number of amides is 1. The maximum absolute atomic E-state index is 13.8. The largest absolute Gasteiger partial charge is 0.462 e. The van der Waals surface area contributed by atoms with Gasteiger partial charge in [-0.1, -0.05) is 24.1 Å². The van der Waals surface area contributed by atoms with Crippen molar-refractivity contribution in [3.05, 3.63) is 65.1 Å². The van der Waals surface area contributed by atoms with E-state index in [4.69, 9.17) is 10.5 Å². The minimum absolute atomic E-state index is 0.220. The van der Waals surface area contributed by atoms with E-state index in [-0.39, 0.29) is 23.5 Å². The van der Waals surface area contributed by atoms with Crippen LogP contribution in [0.1, 0.15) is 38.6 Å². The molecule has 35 heavy (non-hydrogen) atoms. The summed E-state index contributed by atoms with van der Waals surface area (Å²) in [6, 6.07) is 9.40. The summed E-state index contributed by atoms with van der Waals surface area (Å²) in [6.07, 6.45) is 8.02. The lowest BCUT2D eigenvalue weighted by molar-refractivity contribution is -0.124. The molecule has 0 spiro atoms. The third kappa shape index (κ3) is 4.30. The van der Waals surface area contributed by atoms with E-state index in [1.165, 1.54) is 6.33 Å². The van der Waals surface area contributed by atoms with Crippen molar-refractivity contribution in [1.29, 1.82) is 0 Å². The van der Waals surface area contributed by atoms with Crippen molar-refractivity contribution in [3.63, 3.8) is 0 Å². The maximum Gasteiger partial charge on any atom is 0.335 e. The van der Waals surface area contributed by atoms with Gasteiger partial charge in [-0.2, -0.15) is 0 Å². The van der Waals surface area contributed by atoms with E-state index in [0.29, 0.717) is 37.1 Å². The Hall–Kier alpha value is -4.32. The third-order valence-electron chi connectivity index (χ3n) is 6.33. The van der Waals surface area contributed by atoms with Crippen molar-refractivity contribution in [2.24, 2.45) is 0 Å². The van der Waals surface area contributed by atoms with Crippen molar-refractivity contribution in [1.82, 2.24) is 24.0 Å². The molecule has 2 aromatic heterocycles. The number of imidazole rings is 1.